The Morgan fingerprint density at radius 3 is 2.50 bits per heavy atom. The number of rotatable bonds is 5. The van der Waals surface area contributed by atoms with Gasteiger partial charge < -0.3 is 15.5 Å². The minimum atomic E-state index is -0.155. The number of likely N-dealkylation sites (N-methyl/N-ethyl adjacent to an activating group) is 1. The second-order valence-corrected chi connectivity index (χ2v) is 5.79. The number of carbonyl (C=O) groups is 2. The second-order valence-electron chi connectivity index (χ2n) is 5.36. The summed E-state index contributed by atoms with van der Waals surface area (Å²) in [4.78, 5) is 27.6. The van der Waals surface area contributed by atoms with Gasteiger partial charge in [-0.2, -0.15) is 0 Å². The minimum Gasteiger partial charge on any atom is -0.339 e. The van der Waals surface area contributed by atoms with Crippen LogP contribution in [0.4, 0.5) is 5.69 Å². The first-order valence-electron chi connectivity index (χ1n) is 7.27. The van der Waals surface area contributed by atoms with Gasteiger partial charge in [-0.1, -0.05) is 11.6 Å². The zero-order chi connectivity index (χ0) is 15.9. The number of halogens is 1. The van der Waals surface area contributed by atoms with E-state index in [1.807, 2.05) is 4.90 Å². The van der Waals surface area contributed by atoms with E-state index in [0.29, 0.717) is 10.7 Å². The monoisotopic (exact) mass is 324 g/mol. The summed E-state index contributed by atoms with van der Waals surface area (Å²) in [6.07, 6.45) is 0. The Hall–Kier alpha value is -1.63. The van der Waals surface area contributed by atoms with Crippen LogP contribution in [-0.2, 0) is 9.59 Å². The van der Waals surface area contributed by atoms with Gasteiger partial charge in [0.2, 0.25) is 11.8 Å². The lowest BCUT2D eigenvalue weighted by Crippen LogP contribution is -2.49. The third-order valence-electron chi connectivity index (χ3n) is 3.42. The summed E-state index contributed by atoms with van der Waals surface area (Å²) in [7, 11) is 1.77. The van der Waals surface area contributed by atoms with Crippen molar-refractivity contribution in [2.75, 3.05) is 51.6 Å². The smallest absolute Gasteiger partial charge is 0.238 e. The SMILES string of the molecule is CN(CC(=O)Nc1ccc(Cl)cc1)CC(=O)N1CCNCC1. The van der Waals surface area contributed by atoms with Crippen molar-refractivity contribution >= 4 is 29.1 Å². The van der Waals surface area contributed by atoms with Crippen LogP contribution >= 0.6 is 11.6 Å². The predicted octanol–water partition coefficient (Wildman–Crippen LogP) is 0.642. The molecule has 1 saturated heterocycles. The zero-order valence-electron chi connectivity index (χ0n) is 12.6. The summed E-state index contributed by atoms with van der Waals surface area (Å²) in [5.41, 5.74) is 0.691. The molecule has 0 bridgehead atoms. The number of carbonyl (C=O) groups excluding carboxylic acids is 2. The van der Waals surface area contributed by atoms with Crippen LogP contribution in [-0.4, -0.2) is 67.9 Å². The molecule has 6 nitrogen and oxygen atoms in total. The Balaban J connectivity index is 1.75. The molecule has 0 radical (unpaired) electrons. The fourth-order valence-corrected chi connectivity index (χ4v) is 2.41. The molecule has 2 rings (SSSR count). The molecule has 0 unspecified atom stereocenters. The lowest BCUT2D eigenvalue weighted by molar-refractivity contribution is -0.133. The maximum Gasteiger partial charge on any atom is 0.238 e. The molecule has 7 heteroatoms. The summed E-state index contributed by atoms with van der Waals surface area (Å²) in [6, 6.07) is 6.92. The molecular formula is C15H21ClN4O2. The molecule has 0 aliphatic carbocycles. The van der Waals surface area contributed by atoms with Crippen molar-refractivity contribution in [3.63, 3.8) is 0 Å². The summed E-state index contributed by atoms with van der Waals surface area (Å²) in [5, 5.41) is 6.61. The third kappa shape index (κ3) is 5.29. The average Bonchev–Trinajstić information content (AvgIpc) is 2.50. The van der Waals surface area contributed by atoms with Crippen LogP contribution in [0.25, 0.3) is 0 Å². The molecular weight excluding hydrogens is 304 g/mol. The van der Waals surface area contributed by atoms with Gasteiger partial charge in [-0.25, -0.2) is 0 Å². The lowest BCUT2D eigenvalue weighted by Gasteiger charge is -2.29. The molecule has 2 N–H and O–H groups in total. The van der Waals surface area contributed by atoms with Gasteiger partial charge >= 0.3 is 0 Å². The first-order chi connectivity index (χ1) is 10.5. The van der Waals surface area contributed by atoms with Gasteiger partial charge in [-0.15, -0.1) is 0 Å². The number of nitrogens with zero attached hydrogens (tertiary/aromatic N) is 2. The maximum atomic E-state index is 12.1. The number of anilines is 1. The Bertz CT molecular complexity index is 515. The van der Waals surface area contributed by atoms with Crippen LogP contribution in [0.5, 0.6) is 0 Å². The van der Waals surface area contributed by atoms with Crippen LogP contribution < -0.4 is 10.6 Å². The molecule has 2 amide bonds. The van der Waals surface area contributed by atoms with E-state index in [1.165, 1.54) is 0 Å². The maximum absolute atomic E-state index is 12.1. The van der Waals surface area contributed by atoms with Crippen LogP contribution in [0.1, 0.15) is 0 Å². The number of piperazine rings is 1. The topological polar surface area (TPSA) is 64.7 Å². The van der Waals surface area contributed by atoms with E-state index in [1.54, 1.807) is 36.2 Å². The van der Waals surface area contributed by atoms with Gasteiger partial charge in [-0.05, 0) is 31.3 Å². The van der Waals surface area contributed by atoms with Gasteiger partial charge in [0.25, 0.3) is 0 Å². The van der Waals surface area contributed by atoms with E-state index >= 15 is 0 Å². The van der Waals surface area contributed by atoms with Gasteiger partial charge in [0, 0.05) is 36.9 Å². The Morgan fingerprint density at radius 2 is 1.86 bits per heavy atom. The fraction of sp³-hybridized carbons (Fsp3) is 0.467. The molecule has 1 heterocycles. The molecule has 1 aromatic carbocycles. The fourth-order valence-electron chi connectivity index (χ4n) is 2.28. The van der Waals surface area contributed by atoms with Gasteiger partial charge in [-0.3, -0.25) is 14.5 Å². The number of amides is 2. The van der Waals surface area contributed by atoms with Crippen molar-refractivity contribution in [3.05, 3.63) is 29.3 Å². The molecule has 22 heavy (non-hydrogen) atoms. The van der Waals surface area contributed by atoms with Crippen molar-refractivity contribution in [2.24, 2.45) is 0 Å². The highest BCUT2D eigenvalue weighted by molar-refractivity contribution is 6.30. The van der Waals surface area contributed by atoms with Gasteiger partial charge in [0.1, 0.15) is 0 Å². The highest BCUT2D eigenvalue weighted by Gasteiger charge is 2.18. The summed E-state index contributed by atoms with van der Waals surface area (Å²) in [6.45, 7) is 3.51. The molecule has 120 valence electrons. The van der Waals surface area contributed by atoms with Crippen LogP contribution in [0.2, 0.25) is 5.02 Å². The zero-order valence-corrected chi connectivity index (χ0v) is 13.4. The third-order valence-corrected chi connectivity index (χ3v) is 3.67. The summed E-state index contributed by atoms with van der Waals surface area (Å²) in [5.74, 6) is -0.0961. The Labute approximate surface area is 135 Å². The standard InChI is InChI=1S/C15H21ClN4O2/c1-19(11-15(22)20-8-6-17-7-9-20)10-14(21)18-13-4-2-12(16)3-5-13/h2-5,17H,6-11H2,1H3,(H,18,21). The molecule has 1 aliphatic heterocycles. The molecule has 0 aromatic heterocycles. The van der Waals surface area contributed by atoms with Crippen molar-refractivity contribution in [2.45, 2.75) is 0 Å². The molecule has 0 saturated carbocycles. The van der Waals surface area contributed by atoms with Gasteiger partial charge in [0.15, 0.2) is 0 Å². The Morgan fingerprint density at radius 1 is 1.23 bits per heavy atom. The van der Waals surface area contributed by atoms with E-state index < -0.39 is 0 Å². The quantitative estimate of drug-likeness (QED) is 0.834. The van der Waals surface area contributed by atoms with E-state index in [4.69, 9.17) is 11.6 Å². The Kier molecular flexibility index (Phi) is 6.18. The van der Waals surface area contributed by atoms with E-state index in [-0.39, 0.29) is 24.9 Å². The molecule has 1 aliphatic rings. The summed E-state index contributed by atoms with van der Waals surface area (Å²) >= 11 is 5.80. The average molecular weight is 325 g/mol. The number of hydrogen-bond donors (Lipinski definition) is 2. The molecule has 0 atom stereocenters. The first kappa shape index (κ1) is 16.7. The molecule has 1 fully saturated rings. The van der Waals surface area contributed by atoms with Crippen molar-refractivity contribution in [1.82, 2.24) is 15.1 Å². The lowest BCUT2D eigenvalue weighted by atomic mass is 10.3. The largest absolute Gasteiger partial charge is 0.339 e. The second kappa shape index (κ2) is 8.12. The number of hydrogen-bond acceptors (Lipinski definition) is 4. The highest BCUT2D eigenvalue weighted by atomic mass is 35.5. The summed E-state index contributed by atoms with van der Waals surface area (Å²) < 4.78 is 0. The minimum absolute atomic E-state index is 0.0586. The normalized spacial score (nSPS) is 15.0. The van der Waals surface area contributed by atoms with Crippen molar-refractivity contribution < 1.29 is 9.59 Å². The highest BCUT2D eigenvalue weighted by Crippen LogP contribution is 2.13. The molecule has 0 spiro atoms. The number of benzene rings is 1. The van der Waals surface area contributed by atoms with Gasteiger partial charge in [0.05, 0.1) is 13.1 Å². The predicted molar refractivity (Wildman–Crippen MR) is 87.0 cm³/mol. The van der Waals surface area contributed by atoms with Crippen LogP contribution in [0.15, 0.2) is 24.3 Å². The van der Waals surface area contributed by atoms with Crippen molar-refractivity contribution in [1.29, 1.82) is 0 Å². The van der Waals surface area contributed by atoms with E-state index in [0.717, 1.165) is 26.2 Å². The number of nitrogens with one attached hydrogen (secondary N) is 2. The molecule has 1 aromatic rings. The van der Waals surface area contributed by atoms with E-state index in [2.05, 4.69) is 10.6 Å². The van der Waals surface area contributed by atoms with E-state index in [9.17, 15) is 9.59 Å². The van der Waals surface area contributed by atoms with Crippen LogP contribution in [0.3, 0.4) is 0 Å². The first-order valence-corrected chi connectivity index (χ1v) is 7.65. The van der Waals surface area contributed by atoms with Crippen molar-refractivity contribution in [3.8, 4) is 0 Å². The van der Waals surface area contributed by atoms with Crippen LogP contribution in [0, 0.1) is 0 Å².